The predicted octanol–water partition coefficient (Wildman–Crippen LogP) is 0.781. The van der Waals surface area contributed by atoms with E-state index in [1.54, 1.807) is 4.57 Å². The first kappa shape index (κ1) is 11.6. The Kier molecular flexibility index (Phi) is 2.86. The number of rotatable bonds is 4. The Morgan fingerprint density at radius 3 is 2.95 bits per heavy atom. The Labute approximate surface area is 110 Å². The maximum absolute atomic E-state index is 5.60. The summed E-state index contributed by atoms with van der Waals surface area (Å²) in [6.45, 7) is 1.04. The molecule has 2 heterocycles. The Morgan fingerprint density at radius 2 is 2.16 bits per heavy atom. The fourth-order valence-corrected chi connectivity index (χ4v) is 1.91. The second-order valence-corrected chi connectivity index (χ2v) is 4.31. The third kappa shape index (κ3) is 2.26. The smallest absolute Gasteiger partial charge is 0.231 e. The van der Waals surface area contributed by atoms with Crippen molar-refractivity contribution in [3.05, 3.63) is 23.8 Å². The van der Waals surface area contributed by atoms with E-state index in [4.69, 9.17) is 15.2 Å². The van der Waals surface area contributed by atoms with Gasteiger partial charge in [0.1, 0.15) is 0 Å². The van der Waals surface area contributed by atoms with Crippen LogP contribution in [0.1, 0.15) is 5.56 Å². The van der Waals surface area contributed by atoms with Crippen molar-refractivity contribution < 1.29 is 9.47 Å². The summed E-state index contributed by atoms with van der Waals surface area (Å²) < 4.78 is 12.3. The topological polar surface area (TPSA) is 87.2 Å². The molecule has 7 nitrogen and oxygen atoms in total. The first-order chi connectivity index (χ1) is 9.24. The molecule has 0 bridgehead atoms. The fraction of sp³-hybridized carbons (Fsp3) is 0.333. The summed E-state index contributed by atoms with van der Waals surface area (Å²) >= 11 is 0. The predicted molar refractivity (Wildman–Crippen MR) is 70.2 cm³/mol. The van der Waals surface area contributed by atoms with Crippen LogP contribution in [0.3, 0.4) is 0 Å². The van der Waals surface area contributed by atoms with Gasteiger partial charge in [-0.05, 0) is 24.1 Å². The summed E-state index contributed by atoms with van der Waals surface area (Å²) in [6.07, 6.45) is 0.851. The monoisotopic (exact) mass is 261 g/mol. The Morgan fingerprint density at radius 1 is 1.32 bits per heavy atom. The van der Waals surface area contributed by atoms with Crippen LogP contribution in [-0.2, 0) is 13.5 Å². The van der Waals surface area contributed by atoms with Gasteiger partial charge in [0, 0.05) is 13.6 Å². The molecule has 0 aliphatic carbocycles. The highest BCUT2D eigenvalue weighted by Gasteiger charge is 2.13. The quantitative estimate of drug-likeness (QED) is 0.845. The Bertz CT molecular complexity index is 596. The number of fused-ring (bicyclic) bond motifs is 1. The number of aromatic nitrogens is 3. The minimum Gasteiger partial charge on any atom is -0.454 e. The summed E-state index contributed by atoms with van der Waals surface area (Å²) in [5.74, 6) is 2.67. The fourth-order valence-electron chi connectivity index (χ4n) is 1.91. The van der Waals surface area contributed by atoms with E-state index in [-0.39, 0.29) is 0 Å². The van der Waals surface area contributed by atoms with Crippen LogP contribution in [0, 0.1) is 0 Å². The zero-order chi connectivity index (χ0) is 13.2. The molecular weight excluding hydrogens is 246 g/mol. The molecule has 1 aromatic carbocycles. The van der Waals surface area contributed by atoms with Crippen molar-refractivity contribution in [1.29, 1.82) is 0 Å². The van der Waals surface area contributed by atoms with Crippen LogP contribution in [-0.4, -0.2) is 28.1 Å². The van der Waals surface area contributed by atoms with E-state index < -0.39 is 0 Å². The van der Waals surface area contributed by atoms with Crippen LogP contribution in [0.5, 0.6) is 11.5 Å². The number of benzene rings is 1. The maximum Gasteiger partial charge on any atom is 0.231 e. The summed E-state index contributed by atoms with van der Waals surface area (Å²) in [5.41, 5.74) is 6.78. The number of ether oxygens (including phenoxy) is 2. The van der Waals surface area contributed by atoms with E-state index in [9.17, 15) is 0 Å². The van der Waals surface area contributed by atoms with Gasteiger partial charge >= 0.3 is 0 Å². The van der Waals surface area contributed by atoms with E-state index in [1.807, 2.05) is 25.2 Å². The van der Waals surface area contributed by atoms with Crippen molar-refractivity contribution in [1.82, 2.24) is 14.8 Å². The van der Waals surface area contributed by atoms with E-state index in [2.05, 4.69) is 15.5 Å². The van der Waals surface area contributed by atoms with Crippen LogP contribution in [0.25, 0.3) is 0 Å². The van der Waals surface area contributed by atoms with Crippen molar-refractivity contribution in [3.63, 3.8) is 0 Å². The number of hydrogen-bond acceptors (Lipinski definition) is 6. The van der Waals surface area contributed by atoms with E-state index in [1.165, 1.54) is 5.56 Å². The van der Waals surface area contributed by atoms with Gasteiger partial charge in [-0.15, -0.1) is 10.2 Å². The molecular formula is C12H15N5O2. The average molecular weight is 261 g/mol. The molecule has 0 unspecified atom stereocenters. The molecule has 0 atom stereocenters. The number of nitrogens with one attached hydrogen (secondary N) is 1. The highest BCUT2D eigenvalue weighted by molar-refractivity contribution is 5.44. The van der Waals surface area contributed by atoms with E-state index in [0.717, 1.165) is 24.5 Å². The lowest BCUT2D eigenvalue weighted by atomic mass is 10.1. The van der Waals surface area contributed by atoms with Crippen molar-refractivity contribution in [2.75, 3.05) is 24.4 Å². The third-order valence-electron chi connectivity index (χ3n) is 3.04. The van der Waals surface area contributed by atoms with E-state index >= 15 is 0 Å². The molecule has 1 aromatic heterocycles. The van der Waals surface area contributed by atoms with E-state index in [0.29, 0.717) is 18.7 Å². The number of nitrogen functional groups attached to an aromatic ring is 1. The largest absolute Gasteiger partial charge is 0.454 e. The SMILES string of the molecule is Cn1c(N)nnc1NCCc1ccc2c(c1)OCO2. The van der Waals surface area contributed by atoms with Crippen molar-refractivity contribution >= 4 is 11.9 Å². The van der Waals surface area contributed by atoms with Crippen molar-refractivity contribution in [2.24, 2.45) is 7.05 Å². The van der Waals surface area contributed by atoms with Crippen LogP contribution >= 0.6 is 0 Å². The molecule has 0 spiro atoms. The van der Waals surface area contributed by atoms with Gasteiger partial charge in [0.25, 0.3) is 0 Å². The number of anilines is 2. The van der Waals surface area contributed by atoms with Gasteiger partial charge in [-0.3, -0.25) is 4.57 Å². The van der Waals surface area contributed by atoms with Crippen LogP contribution < -0.4 is 20.5 Å². The summed E-state index contributed by atoms with van der Waals surface area (Å²) in [4.78, 5) is 0. The molecule has 7 heteroatoms. The lowest BCUT2D eigenvalue weighted by Gasteiger charge is -2.06. The summed E-state index contributed by atoms with van der Waals surface area (Å²) in [5, 5.41) is 10.9. The molecule has 0 saturated heterocycles. The summed E-state index contributed by atoms with van der Waals surface area (Å²) in [7, 11) is 1.82. The highest BCUT2D eigenvalue weighted by atomic mass is 16.7. The minimum atomic E-state index is 0.301. The molecule has 100 valence electrons. The van der Waals surface area contributed by atoms with Crippen molar-refractivity contribution in [3.8, 4) is 11.5 Å². The first-order valence-corrected chi connectivity index (χ1v) is 6.01. The Balaban J connectivity index is 1.59. The molecule has 1 aliphatic rings. The van der Waals surface area contributed by atoms with Gasteiger partial charge in [-0.25, -0.2) is 0 Å². The first-order valence-electron chi connectivity index (χ1n) is 6.01. The van der Waals surface area contributed by atoms with Gasteiger partial charge in [-0.1, -0.05) is 6.07 Å². The third-order valence-corrected chi connectivity index (χ3v) is 3.04. The second kappa shape index (κ2) is 4.68. The normalized spacial score (nSPS) is 12.7. The molecule has 2 aromatic rings. The van der Waals surface area contributed by atoms with Gasteiger partial charge in [-0.2, -0.15) is 0 Å². The number of nitrogens with zero attached hydrogens (tertiary/aromatic N) is 3. The molecule has 3 N–H and O–H groups in total. The lowest BCUT2D eigenvalue weighted by Crippen LogP contribution is -2.09. The van der Waals surface area contributed by atoms with Crippen LogP contribution in [0.4, 0.5) is 11.9 Å². The molecule has 0 amide bonds. The van der Waals surface area contributed by atoms with Crippen LogP contribution in [0.2, 0.25) is 0 Å². The average Bonchev–Trinajstić information content (AvgIpc) is 2.99. The summed E-state index contributed by atoms with van der Waals surface area (Å²) in [6, 6.07) is 5.95. The van der Waals surface area contributed by atoms with Crippen molar-refractivity contribution in [2.45, 2.75) is 6.42 Å². The van der Waals surface area contributed by atoms with Crippen LogP contribution in [0.15, 0.2) is 18.2 Å². The molecule has 3 rings (SSSR count). The second-order valence-electron chi connectivity index (χ2n) is 4.31. The maximum atomic E-state index is 5.60. The molecule has 0 fully saturated rings. The number of hydrogen-bond donors (Lipinski definition) is 2. The van der Waals surface area contributed by atoms with Gasteiger partial charge in [0.05, 0.1) is 0 Å². The zero-order valence-electron chi connectivity index (χ0n) is 10.6. The molecule has 0 radical (unpaired) electrons. The highest BCUT2D eigenvalue weighted by Crippen LogP contribution is 2.32. The lowest BCUT2D eigenvalue weighted by molar-refractivity contribution is 0.174. The Hall–Kier alpha value is -2.44. The zero-order valence-corrected chi connectivity index (χ0v) is 10.6. The molecule has 1 aliphatic heterocycles. The van der Waals surface area contributed by atoms with Gasteiger partial charge in [0.15, 0.2) is 11.5 Å². The molecule has 19 heavy (non-hydrogen) atoms. The molecule has 0 saturated carbocycles. The van der Waals surface area contributed by atoms with Gasteiger partial charge in [0.2, 0.25) is 18.7 Å². The standard InChI is InChI=1S/C12H15N5O2/c1-17-11(13)15-16-12(17)14-5-4-8-2-3-9-10(6-8)19-7-18-9/h2-3,6H,4-5,7H2,1H3,(H2,13,15)(H,14,16). The minimum absolute atomic E-state index is 0.301. The van der Waals surface area contributed by atoms with Gasteiger partial charge < -0.3 is 20.5 Å². The number of nitrogens with two attached hydrogens (primary N) is 1.